The zero-order valence-corrected chi connectivity index (χ0v) is 19.3. The van der Waals surface area contributed by atoms with Crippen LogP contribution in [0.1, 0.15) is 12.8 Å². The number of ether oxygens (including phenoxy) is 2. The highest BCUT2D eigenvalue weighted by Crippen LogP contribution is 2.38. The lowest BCUT2D eigenvalue weighted by molar-refractivity contribution is 0.395. The van der Waals surface area contributed by atoms with Crippen molar-refractivity contribution in [3.05, 3.63) is 60.3 Å². The lowest BCUT2D eigenvalue weighted by Gasteiger charge is -2.34. The summed E-state index contributed by atoms with van der Waals surface area (Å²) in [6.07, 6.45) is 9.43. The first-order valence-corrected chi connectivity index (χ1v) is 11.2. The number of pyridine rings is 1. The highest BCUT2D eigenvalue weighted by molar-refractivity contribution is 6.32. The average molecular weight is 465 g/mol. The van der Waals surface area contributed by atoms with E-state index in [1.165, 1.54) is 5.69 Å². The monoisotopic (exact) mass is 464 g/mol. The van der Waals surface area contributed by atoms with Gasteiger partial charge in [0.05, 0.1) is 24.9 Å². The van der Waals surface area contributed by atoms with E-state index in [0.717, 1.165) is 48.7 Å². The number of hydrogen-bond acceptors (Lipinski definition) is 7. The molecular formula is C24H25ClN6O2. The third-order valence-electron chi connectivity index (χ3n) is 5.99. The van der Waals surface area contributed by atoms with Gasteiger partial charge in [-0.25, -0.2) is 15.0 Å². The Morgan fingerprint density at radius 2 is 1.88 bits per heavy atom. The molecule has 8 nitrogen and oxygen atoms in total. The standard InChI is InChI=1S/C24H25ClN6O2/c1-32-21-13-22(33-2)19(25)12-18(21)20-14-31-10-6-17(11-24(31)29-20)30-8-4-16(5-9-30)28-23-3-7-26-15-27-23/h3,6-7,10-16H,4-5,8-9H2,1-2H3,(H,26,27,28). The molecule has 170 valence electrons. The Labute approximate surface area is 197 Å². The molecular weight excluding hydrogens is 440 g/mol. The quantitative estimate of drug-likeness (QED) is 0.448. The molecule has 0 atom stereocenters. The molecule has 33 heavy (non-hydrogen) atoms. The van der Waals surface area contributed by atoms with Gasteiger partial charge in [-0.3, -0.25) is 0 Å². The second-order valence-corrected chi connectivity index (χ2v) is 8.37. The van der Waals surface area contributed by atoms with E-state index in [2.05, 4.69) is 32.3 Å². The first kappa shape index (κ1) is 21.3. The Kier molecular flexibility index (Phi) is 5.92. The van der Waals surface area contributed by atoms with E-state index < -0.39 is 0 Å². The number of nitrogens with zero attached hydrogens (tertiary/aromatic N) is 5. The fraction of sp³-hybridized carbons (Fsp3) is 0.292. The number of hydrogen-bond donors (Lipinski definition) is 1. The molecule has 1 fully saturated rings. The van der Waals surface area contributed by atoms with E-state index in [4.69, 9.17) is 26.1 Å². The van der Waals surface area contributed by atoms with Crippen molar-refractivity contribution in [3.63, 3.8) is 0 Å². The van der Waals surface area contributed by atoms with Crippen molar-refractivity contribution in [2.75, 3.05) is 37.5 Å². The zero-order chi connectivity index (χ0) is 22.8. The summed E-state index contributed by atoms with van der Waals surface area (Å²) in [6, 6.07) is 10.2. The minimum Gasteiger partial charge on any atom is -0.496 e. The lowest BCUT2D eigenvalue weighted by atomic mass is 10.0. The van der Waals surface area contributed by atoms with Gasteiger partial charge in [-0.05, 0) is 31.0 Å². The first-order chi connectivity index (χ1) is 16.1. The number of methoxy groups -OCH3 is 2. The second kappa shape index (κ2) is 9.15. The highest BCUT2D eigenvalue weighted by atomic mass is 35.5. The Morgan fingerprint density at radius 1 is 1.06 bits per heavy atom. The molecule has 9 heteroatoms. The van der Waals surface area contributed by atoms with Crippen molar-refractivity contribution in [1.29, 1.82) is 0 Å². The SMILES string of the molecule is COc1cc(OC)c(-c2cn3ccc(N4CCC(Nc5ccncn5)CC4)cc3n2)cc1Cl. The molecule has 0 saturated carbocycles. The summed E-state index contributed by atoms with van der Waals surface area (Å²) in [7, 11) is 3.21. The molecule has 4 aromatic rings. The average Bonchev–Trinajstić information content (AvgIpc) is 3.28. The molecule has 1 aliphatic heterocycles. The van der Waals surface area contributed by atoms with Crippen molar-refractivity contribution < 1.29 is 9.47 Å². The van der Waals surface area contributed by atoms with E-state index in [0.29, 0.717) is 22.6 Å². The number of fused-ring (bicyclic) bond motifs is 1. The topological polar surface area (TPSA) is 76.8 Å². The van der Waals surface area contributed by atoms with Crippen molar-refractivity contribution in [2.24, 2.45) is 0 Å². The van der Waals surface area contributed by atoms with Gasteiger partial charge in [0.2, 0.25) is 0 Å². The van der Waals surface area contributed by atoms with Crippen LogP contribution in [0.25, 0.3) is 16.9 Å². The number of halogens is 1. The van der Waals surface area contributed by atoms with Crippen molar-refractivity contribution in [3.8, 4) is 22.8 Å². The maximum atomic E-state index is 6.36. The van der Waals surface area contributed by atoms with Gasteiger partial charge >= 0.3 is 0 Å². The normalized spacial score (nSPS) is 14.5. The number of piperidine rings is 1. The maximum Gasteiger partial charge on any atom is 0.141 e. The molecule has 4 heterocycles. The number of benzene rings is 1. The number of imidazole rings is 1. The van der Waals surface area contributed by atoms with Crippen molar-refractivity contribution in [2.45, 2.75) is 18.9 Å². The summed E-state index contributed by atoms with van der Waals surface area (Å²) in [5, 5.41) is 4.02. The number of anilines is 2. The fourth-order valence-electron chi connectivity index (χ4n) is 4.23. The Bertz CT molecular complexity index is 1250. The van der Waals surface area contributed by atoms with Crippen LogP contribution in [0.15, 0.2) is 55.2 Å². The molecule has 0 unspecified atom stereocenters. The molecule has 0 spiro atoms. The van der Waals surface area contributed by atoms with Crippen LogP contribution in [0.4, 0.5) is 11.5 Å². The number of nitrogens with one attached hydrogen (secondary N) is 1. The van der Waals surface area contributed by atoms with Crippen molar-refractivity contribution >= 4 is 28.8 Å². The summed E-state index contributed by atoms with van der Waals surface area (Å²) in [5.41, 5.74) is 3.66. The predicted octanol–water partition coefficient (Wildman–Crippen LogP) is 4.54. The lowest BCUT2D eigenvalue weighted by Crippen LogP contribution is -2.39. The fourth-order valence-corrected chi connectivity index (χ4v) is 4.47. The van der Waals surface area contributed by atoms with Crippen LogP contribution in [-0.4, -0.2) is 52.7 Å². The van der Waals surface area contributed by atoms with Gasteiger partial charge < -0.3 is 24.1 Å². The van der Waals surface area contributed by atoms with Crippen LogP contribution in [0.3, 0.4) is 0 Å². The summed E-state index contributed by atoms with van der Waals surface area (Å²) < 4.78 is 12.9. The third-order valence-corrected chi connectivity index (χ3v) is 6.28. The Hall–Kier alpha value is -3.52. The van der Waals surface area contributed by atoms with E-state index >= 15 is 0 Å². The zero-order valence-electron chi connectivity index (χ0n) is 18.5. The van der Waals surface area contributed by atoms with E-state index in [-0.39, 0.29) is 0 Å². The second-order valence-electron chi connectivity index (χ2n) is 7.96. The van der Waals surface area contributed by atoms with E-state index in [1.807, 2.05) is 28.9 Å². The summed E-state index contributed by atoms with van der Waals surface area (Å²) >= 11 is 6.36. The molecule has 0 amide bonds. The van der Waals surface area contributed by atoms with Crippen LogP contribution in [-0.2, 0) is 0 Å². The van der Waals surface area contributed by atoms with Gasteiger partial charge in [-0.1, -0.05) is 11.6 Å². The summed E-state index contributed by atoms with van der Waals surface area (Å²) in [5.74, 6) is 2.11. The maximum absolute atomic E-state index is 6.36. The molecule has 1 aromatic carbocycles. The van der Waals surface area contributed by atoms with Gasteiger partial charge in [0.25, 0.3) is 0 Å². The third kappa shape index (κ3) is 4.39. The number of rotatable bonds is 6. The van der Waals surface area contributed by atoms with Gasteiger partial charge in [0, 0.05) is 61.1 Å². The largest absolute Gasteiger partial charge is 0.496 e. The predicted molar refractivity (Wildman–Crippen MR) is 130 cm³/mol. The van der Waals surface area contributed by atoms with Gasteiger partial charge in [0.15, 0.2) is 0 Å². The molecule has 5 rings (SSSR count). The molecule has 0 bridgehead atoms. The smallest absolute Gasteiger partial charge is 0.141 e. The van der Waals surface area contributed by atoms with Crippen LogP contribution in [0.2, 0.25) is 5.02 Å². The Morgan fingerprint density at radius 3 is 2.61 bits per heavy atom. The van der Waals surface area contributed by atoms with Gasteiger partial charge in [0.1, 0.15) is 29.3 Å². The molecule has 0 radical (unpaired) electrons. The minimum atomic E-state index is 0.408. The van der Waals surface area contributed by atoms with Gasteiger partial charge in [-0.15, -0.1) is 0 Å². The molecule has 1 aliphatic rings. The van der Waals surface area contributed by atoms with Crippen LogP contribution in [0.5, 0.6) is 11.5 Å². The van der Waals surface area contributed by atoms with Crippen molar-refractivity contribution in [1.82, 2.24) is 19.4 Å². The van der Waals surface area contributed by atoms with Crippen LogP contribution in [0, 0.1) is 0 Å². The van der Waals surface area contributed by atoms with Crippen LogP contribution >= 0.6 is 11.6 Å². The molecule has 1 N–H and O–H groups in total. The highest BCUT2D eigenvalue weighted by Gasteiger charge is 2.21. The number of aromatic nitrogens is 4. The molecule has 1 saturated heterocycles. The molecule has 0 aliphatic carbocycles. The minimum absolute atomic E-state index is 0.408. The summed E-state index contributed by atoms with van der Waals surface area (Å²) in [6.45, 7) is 1.93. The van der Waals surface area contributed by atoms with E-state index in [9.17, 15) is 0 Å². The van der Waals surface area contributed by atoms with Crippen LogP contribution < -0.4 is 19.7 Å². The summed E-state index contributed by atoms with van der Waals surface area (Å²) in [4.78, 5) is 15.5. The van der Waals surface area contributed by atoms with E-state index in [1.54, 1.807) is 32.8 Å². The van der Waals surface area contributed by atoms with Gasteiger partial charge in [-0.2, -0.15) is 0 Å². The molecule has 3 aromatic heterocycles. The Balaban J connectivity index is 1.34. The first-order valence-electron chi connectivity index (χ1n) is 10.8.